The second-order valence-electron chi connectivity index (χ2n) is 14.6. The van der Waals surface area contributed by atoms with E-state index in [-0.39, 0.29) is 0 Å². The molecule has 4 heteroatoms. The van der Waals surface area contributed by atoms with Crippen LogP contribution in [0.15, 0.2) is 167 Å². The molecule has 0 aliphatic rings. The molecule has 0 unspecified atom stereocenters. The van der Waals surface area contributed by atoms with E-state index < -0.39 is 0 Å². The number of fused-ring (bicyclic) bond motifs is 14. The molecule has 0 spiro atoms. The molecule has 0 fully saturated rings. The summed E-state index contributed by atoms with van der Waals surface area (Å²) in [5.74, 6) is 0. The Morgan fingerprint density at radius 2 is 0.741 bits per heavy atom. The van der Waals surface area contributed by atoms with Gasteiger partial charge in [0.05, 0.1) is 22.1 Å². The largest absolute Gasteiger partial charge is 0.454 e. The maximum Gasteiger partial charge on any atom is 0.160 e. The molecule has 0 aliphatic carbocycles. The van der Waals surface area contributed by atoms with Crippen LogP contribution in [0.4, 0.5) is 0 Å². The molecule has 12 aromatic rings. The minimum atomic E-state index is 0.908. The quantitative estimate of drug-likeness (QED) is 0.185. The number of hydrogen-bond acceptors (Lipinski definition) is 2. The third-order valence-corrected chi connectivity index (χ3v) is 11.6. The molecule has 0 amide bonds. The van der Waals surface area contributed by atoms with E-state index in [2.05, 4.69) is 169 Å². The average molecular weight is 693 g/mol. The molecule has 0 bridgehead atoms. The van der Waals surface area contributed by atoms with Crippen LogP contribution in [0.1, 0.15) is 11.1 Å². The van der Waals surface area contributed by atoms with Gasteiger partial charge in [-0.25, -0.2) is 0 Å². The fourth-order valence-electron chi connectivity index (χ4n) is 9.13. The number of benzene rings is 8. The summed E-state index contributed by atoms with van der Waals surface area (Å²) in [6, 6.07) is 56.6. The first-order valence-corrected chi connectivity index (χ1v) is 18.5. The van der Waals surface area contributed by atoms with E-state index in [1.165, 1.54) is 54.8 Å². The van der Waals surface area contributed by atoms with Gasteiger partial charge in [0.1, 0.15) is 11.2 Å². The second kappa shape index (κ2) is 10.8. The van der Waals surface area contributed by atoms with Crippen molar-refractivity contribution in [2.24, 2.45) is 0 Å². The Labute approximate surface area is 309 Å². The van der Waals surface area contributed by atoms with Gasteiger partial charge in [-0.3, -0.25) is 0 Å². The minimum Gasteiger partial charge on any atom is -0.454 e. The molecule has 0 N–H and O–H groups in total. The van der Waals surface area contributed by atoms with Crippen molar-refractivity contribution < 1.29 is 8.83 Å². The number of aromatic nitrogens is 2. The maximum absolute atomic E-state index is 6.61. The lowest BCUT2D eigenvalue weighted by atomic mass is 9.99. The Bertz CT molecular complexity index is 3300. The van der Waals surface area contributed by atoms with Crippen LogP contribution in [-0.4, -0.2) is 9.13 Å². The molecular weight excluding hydrogens is 661 g/mol. The molecule has 0 aliphatic heterocycles. The monoisotopic (exact) mass is 692 g/mol. The van der Waals surface area contributed by atoms with Crippen molar-refractivity contribution in [3.05, 3.63) is 169 Å². The summed E-state index contributed by atoms with van der Waals surface area (Å²) in [6.07, 6.45) is 0. The fraction of sp³-hybridized carbons (Fsp3) is 0.0400. The lowest BCUT2D eigenvalue weighted by Crippen LogP contribution is -1.99. The number of hydrogen-bond donors (Lipinski definition) is 0. The van der Waals surface area contributed by atoms with Gasteiger partial charge in [0.2, 0.25) is 0 Å². The lowest BCUT2D eigenvalue weighted by molar-refractivity contribution is 0.670. The number of rotatable bonds is 3. The predicted molar refractivity (Wildman–Crippen MR) is 225 cm³/mol. The third kappa shape index (κ3) is 3.92. The van der Waals surface area contributed by atoms with E-state index in [0.29, 0.717) is 0 Å². The topological polar surface area (TPSA) is 36.1 Å². The van der Waals surface area contributed by atoms with Crippen molar-refractivity contribution >= 4 is 87.5 Å². The van der Waals surface area contributed by atoms with E-state index >= 15 is 0 Å². The molecule has 0 saturated heterocycles. The van der Waals surface area contributed by atoms with Crippen molar-refractivity contribution in [1.82, 2.24) is 9.13 Å². The summed E-state index contributed by atoms with van der Waals surface area (Å²) < 4.78 is 18.0. The van der Waals surface area contributed by atoms with E-state index in [9.17, 15) is 0 Å². The highest BCUT2D eigenvalue weighted by molar-refractivity contribution is 6.23. The van der Waals surface area contributed by atoms with Gasteiger partial charge in [-0.2, -0.15) is 0 Å². The summed E-state index contributed by atoms with van der Waals surface area (Å²) in [6.45, 7) is 4.44. The highest BCUT2D eigenvalue weighted by Gasteiger charge is 2.22. The molecule has 8 aromatic carbocycles. The van der Waals surface area contributed by atoms with Crippen molar-refractivity contribution in [1.29, 1.82) is 0 Å². The van der Waals surface area contributed by atoms with Crippen LogP contribution in [0.3, 0.4) is 0 Å². The normalized spacial score (nSPS) is 12.3. The second-order valence-corrected chi connectivity index (χ2v) is 14.6. The molecule has 4 heterocycles. The van der Waals surface area contributed by atoms with Gasteiger partial charge >= 0.3 is 0 Å². The molecule has 0 atom stereocenters. The maximum atomic E-state index is 6.61. The smallest absolute Gasteiger partial charge is 0.160 e. The van der Waals surface area contributed by atoms with E-state index in [1.54, 1.807) is 0 Å². The van der Waals surface area contributed by atoms with Crippen molar-refractivity contribution in [2.75, 3.05) is 0 Å². The fourth-order valence-corrected chi connectivity index (χ4v) is 9.13. The van der Waals surface area contributed by atoms with E-state index in [0.717, 1.165) is 66.3 Å². The highest BCUT2D eigenvalue weighted by Crippen LogP contribution is 2.43. The molecule has 54 heavy (non-hydrogen) atoms. The summed E-state index contributed by atoms with van der Waals surface area (Å²) in [5.41, 5.74) is 15.2. The molecule has 4 aromatic heterocycles. The Kier molecular flexibility index (Phi) is 5.88. The van der Waals surface area contributed by atoms with Crippen LogP contribution < -0.4 is 0 Å². The molecule has 0 saturated carbocycles. The van der Waals surface area contributed by atoms with E-state index in [4.69, 9.17) is 8.83 Å². The lowest BCUT2D eigenvalue weighted by Gasteiger charge is -2.15. The van der Waals surface area contributed by atoms with Crippen LogP contribution in [0.25, 0.3) is 110 Å². The number of para-hydroxylation sites is 4. The van der Waals surface area contributed by atoms with Crippen LogP contribution in [0.2, 0.25) is 0 Å². The van der Waals surface area contributed by atoms with Crippen molar-refractivity contribution in [3.8, 4) is 22.5 Å². The Morgan fingerprint density at radius 1 is 0.352 bits per heavy atom. The van der Waals surface area contributed by atoms with Gasteiger partial charge < -0.3 is 18.0 Å². The first-order valence-electron chi connectivity index (χ1n) is 18.5. The van der Waals surface area contributed by atoms with Gasteiger partial charge in [-0.15, -0.1) is 0 Å². The molecule has 254 valence electrons. The van der Waals surface area contributed by atoms with Gasteiger partial charge in [0.25, 0.3) is 0 Å². The van der Waals surface area contributed by atoms with Gasteiger partial charge in [-0.05, 0) is 96.8 Å². The minimum absolute atomic E-state index is 0.908. The summed E-state index contributed by atoms with van der Waals surface area (Å²) in [7, 11) is 0. The van der Waals surface area contributed by atoms with Crippen molar-refractivity contribution in [3.63, 3.8) is 0 Å². The zero-order valence-corrected chi connectivity index (χ0v) is 29.7. The molecule has 4 nitrogen and oxygen atoms in total. The zero-order valence-electron chi connectivity index (χ0n) is 29.7. The Morgan fingerprint density at radius 3 is 1.19 bits per heavy atom. The van der Waals surface area contributed by atoms with E-state index in [1.807, 2.05) is 12.1 Å². The van der Waals surface area contributed by atoms with Crippen LogP contribution in [0.5, 0.6) is 0 Å². The summed E-state index contributed by atoms with van der Waals surface area (Å²) in [5, 5.41) is 9.37. The first kappa shape index (κ1) is 29.5. The van der Waals surface area contributed by atoms with Crippen LogP contribution >= 0.6 is 0 Å². The molecule has 0 radical (unpaired) electrons. The van der Waals surface area contributed by atoms with Gasteiger partial charge in [0.15, 0.2) is 11.2 Å². The van der Waals surface area contributed by atoms with Crippen molar-refractivity contribution in [2.45, 2.75) is 13.8 Å². The van der Waals surface area contributed by atoms with Gasteiger partial charge in [-0.1, -0.05) is 97.1 Å². The summed E-state index contributed by atoms with van der Waals surface area (Å²) in [4.78, 5) is 0. The highest BCUT2D eigenvalue weighted by atomic mass is 16.3. The molecule has 12 rings (SSSR count). The Hall–Kier alpha value is -7.04. The number of aryl methyl sites for hydroxylation is 2. The van der Waals surface area contributed by atoms with Crippen LogP contribution in [0, 0.1) is 13.8 Å². The third-order valence-electron chi connectivity index (χ3n) is 11.6. The zero-order chi connectivity index (χ0) is 35.7. The number of nitrogens with zero attached hydrogens (tertiary/aromatic N) is 2. The first-order chi connectivity index (χ1) is 26.6. The predicted octanol–water partition coefficient (Wildman–Crippen LogP) is 14.0. The summed E-state index contributed by atoms with van der Waals surface area (Å²) >= 11 is 0. The SMILES string of the molecule is Cc1cc(-c2ccc(-n3c4ccccc4c4ccc5c6ccccc6oc5c43)c(C)c2)ccc1-n1c2ccccc2c2ccc3c4ccccc4oc3c21. The number of furan rings is 2. The average Bonchev–Trinajstić information content (AvgIpc) is 3.96. The van der Waals surface area contributed by atoms with Gasteiger partial charge in [0, 0.05) is 54.5 Å². The Balaban J connectivity index is 1.03. The molecular formula is C50H32N2O2. The standard InChI is InChI=1S/C50H32N2O2/c1-29-27-31(19-25-41(29)51-43-15-7-3-11-33(43)37-21-23-39-35-13-5-9-17-45(35)53-49(39)47(37)51)32-20-26-42(30(2)28-32)52-44-16-8-4-12-34(44)38-22-24-40-36-14-6-10-18-46(36)54-50(40)48(38)52/h3-28H,1-2H3. The van der Waals surface area contributed by atoms with Crippen LogP contribution in [-0.2, 0) is 0 Å².